The zero-order valence-corrected chi connectivity index (χ0v) is 12.7. The molecule has 4 nitrogen and oxygen atoms in total. The van der Waals surface area contributed by atoms with Gasteiger partial charge in [-0.2, -0.15) is 0 Å². The molecule has 0 fully saturated rings. The van der Waals surface area contributed by atoms with Crippen molar-refractivity contribution in [2.75, 3.05) is 17.2 Å². The minimum absolute atomic E-state index is 0.0137. The van der Waals surface area contributed by atoms with E-state index in [1.165, 1.54) is 5.56 Å². The van der Waals surface area contributed by atoms with Gasteiger partial charge >= 0.3 is 0 Å². The molecular formula is C16H18ClN3O. The standard InChI is InChI=1S/C16H18ClN3O/c1-2-16(21)20-14-7-8-15(19-11-14)18-10-9-12-3-5-13(17)6-4-12/h3-8,11H,2,9-10H2,1H3,(H,18,19)(H,20,21). The van der Waals surface area contributed by atoms with Gasteiger partial charge in [-0.15, -0.1) is 0 Å². The van der Waals surface area contributed by atoms with Gasteiger partial charge in [-0.05, 0) is 36.2 Å². The normalized spacial score (nSPS) is 10.2. The Kier molecular flexibility index (Phi) is 5.58. The van der Waals surface area contributed by atoms with Crippen LogP contribution in [0.15, 0.2) is 42.6 Å². The summed E-state index contributed by atoms with van der Waals surface area (Å²) in [4.78, 5) is 15.5. The molecule has 1 amide bonds. The number of nitrogens with one attached hydrogen (secondary N) is 2. The summed E-state index contributed by atoms with van der Waals surface area (Å²) < 4.78 is 0. The molecule has 5 heteroatoms. The minimum Gasteiger partial charge on any atom is -0.370 e. The second kappa shape index (κ2) is 7.64. The number of anilines is 2. The molecule has 0 aliphatic carbocycles. The van der Waals surface area contributed by atoms with Gasteiger partial charge in [0.05, 0.1) is 11.9 Å². The lowest BCUT2D eigenvalue weighted by atomic mass is 10.1. The van der Waals surface area contributed by atoms with Crippen molar-refractivity contribution in [1.29, 1.82) is 0 Å². The van der Waals surface area contributed by atoms with Crippen LogP contribution in [0.25, 0.3) is 0 Å². The first-order chi connectivity index (χ1) is 10.2. The van der Waals surface area contributed by atoms with Crippen LogP contribution in [0.1, 0.15) is 18.9 Å². The largest absolute Gasteiger partial charge is 0.370 e. The van der Waals surface area contributed by atoms with E-state index >= 15 is 0 Å². The Morgan fingerprint density at radius 2 is 1.95 bits per heavy atom. The summed E-state index contributed by atoms with van der Waals surface area (Å²) in [5, 5.41) is 6.76. The van der Waals surface area contributed by atoms with Crippen molar-refractivity contribution >= 4 is 29.0 Å². The number of nitrogens with zero attached hydrogens (tertiary/aromatic N) is 1. The molecule has 0 saturated heterocycles. The fourth-order valence-corrected chi connectivity index (χ4v) is 1.93. The van der Waals surface area contributed by atoms with Crippen LogP contribution in [0.4, 0.5) is 11.5 Å². The van der Waals surface area contributed by atoms with E-state index in [4.69, 9.17) is 11.6 Å². The molecule has 0 radical (unpaired) electrons. The molecule has 0 unspecified atom stereocenters. The summed E-state index contributed by atoms with van der Waals surface area (Å²) >= 11 is 5.85. The summed E-state index contributed by atoms with van der Waals surface area (Å²) in [5.74, 6) is 0.777. The Hall–Kier alpha value is -2.07. The number of rotatable bonds is 6. The predicted molar refractivity (Wildman–Crippen MR) is 86.8 cm³/mol. The highest BCUT2D eigenvalue weighted by Gasteiger charge is 2.00. The van der Waals surface area contributed by atoms with Crippen LogP contribution in [-0.2, 0) is 11.2 Å². The monoisotopic (exact) mass is 303 g/mol. The second-order valence-electron chi connectivity index (χ2n) is 4.64. The first-order valence-electron chi connectivity index (χ1n) is 6.91. The zero-order valence-electron chi connectivity index (χ0n) is 11.9. The van der Waals surface area contributed by atoms with Crippen LogP contribution >= 0.6 is 11.6 Å². The first-order valence-corrected chi connectivity index (χ1v) is 7.29. The molecule has 1 aromatic heterocycles. The van der Waals surface area contributed by atoms with Crippen molar-refractivity contribution in [1.82, 2.24) is 4.98 Å². The number of hydrogen-bond donors (Lipinski definition) is 2. The number of pyridine rings is 1. The van der Waals surface area contributed by atoms with Crippen molar-refractivity contribution in [3.8, 4) is 0 Å². The van der Waals surface area contributed by atoms with Gasteiger partial charge in [0.1, 0.15) is 5.82 Å². The average Bonchev–Trinajstić information content (AvgIpc) is 2.51. The summed E-state index contributed by atoms with van der Waals surface area (Å²) in [6, 6.07) is 11.5. The highest BCUT2D eigenvalue weighted by molar-refractivity contribution is 6.30. The summed E-state index contributed by atoms with van der Waals surface area (Å²) in [6.45, 7) is 2.60. The topological polar surface area (TPSA) is 54.0 Å². The molecule has 110 valence electrons. The summed E-state index contributed by atoms with van der Waals surface area (Å²) in [6.07, 6.45) is 3.01. The van der Waals surface area contributed by atoms with Crippen LogP contribution in [0, 0.1) is 0 Å². The molecule has 2 rings (SSSR count). The molecule has 0 bridgehead atoms. The number of aromatic nitrogens is 1. The van der Waals surface area contributed by atoms with Gasteiger partial charge in [-0.1, -0.05) is 30.7 Å². The van der Waals surface area contributed by atoms with E-state index in [0.717, 1.165) is 23.8 Å². The van der Waals surface area contributed by atoms with Crippen molar-refractivity contribution in [3.05, 3.63) is 53.2 Å². The lowest BCUT2D eigenvalue weighted by molar-refractivity contribution is -0.115. The molecule has 0 atom stereocenters. The number of hydrogen-bond acceptors (Lipinski definition) is 3. The van der Waals surface area contributed by atoms with Crippen molar-refractivity contribution in [2.24, 2.45) is 0 Å². The number of carbonyl (C=O) groups is 1. The van der Waals surface area contributed by atoms with E-state index < -0.39 is 0 Å². The van der Waals surface area contributed by atoms with E-state index in [1.807, 2.05) is 43.3 Å². The molecular weight excluding hydrogens is 286 g/mol. The highest BCUT2D eigenvalue weighted by Crippen LogP contribution is 2.12. The van der Waals surface area contributed by atoms with Crippen LogP contribution in [0.2, 0.25) is 5.02 Å². The van der Waals surface area contributed by atoms with Gasteiger partial charge in [-0.3, -0.25) is 4.79 Å². The Morgan fingerprint density at radius 1 is 1.19 bits per heavy atom. The molecule has 2 aromatic rings. The quantitative estimate of drug-likeness (QED) is 0.855. The van der Waals surface area contributed by atoms with Crippen LogP contribution in [-0.4, -0.2) is 17.4 Å². The smallest absolute Gasteiger partial charge is 0.224 e. The van der Waals surface area contributed by atoms with Crippen molar-refractivity contribution in [2.45, 2.75) is 19.8 Å². The fraction of sp³-hybridized carbons (Fsp3) is 0.250. The minimum atomic E-state index is -0.0137. The molecule has 0 aliphatic heterocycles. The maximum Gasteiger partial charge on any atom is 0.224 e. The average molecular weight is 304 g/mol. The predicted octanol–water partition coefficient (Wildman–Crippen LogP) is 3.74. The number of halogens is 1. The van der Waals surface area contributed by atoms with Gasteiger partial charge in [-0.25, -0.2) is 4.98 Å². The summed E-state index contributed by atoms with van der Waals surface area (Å²) in [7, 11) is 0. The van der Waals surface area contributed by atoms with Gasteiger partial charge in [0, 0.05) is 18.0 Å². The third-order valence-electron chi connectivity index (χ3n) is 3.00. The van der Waals surface area contributed by atoms with Gasteiger partial charge < -0.3 is 10.6 Å². The van der Waals surface area contributed by atoms with Crippen LogP contribution < -0.4 is 10.6 Å². The van der Waals surface area contributed by atoms with E-state index in [1.54, 1.807) is 6.20 Å². The van der Waals surface area contributed by atoms with Crippen molar-refractivity contribution < 1.29 is 4.79 Å². The maximum atomic E-state index is 11.3. The third-order valence-corrected chi connectivity index (χ3v) is 3.25. The summed E-state index contributed by atoms with van der Waals surface area (Å²) in [5.41, 5.74) is 1.93. The Morgan fingerprint density at radius 3 is 2.57 bits per heavy atom. The number of carbonyl (C=O) groups excluding carboxylic acids is 1. The Balaban J connectivity index is 1.80. The first kappa shape index (κ1) is 15.3. The number of amides is 1. The fourth-order valence-electron chi connectivity index (χ4n) is 1.81. The molecule has 0 spiro atoms. The van der Waals surface area contributed by atoms with Gasteiger partial charge in [0.2, 0.25) is 5.91 Å². The zero-order chi connectivity index (χ0) is 15.1. The van der Waals surface area contributed by atoms with Gasteiger partial charge in [0.15, 0.2) is 0 Å². The molecule has 0 saturated carbocycles. The van der Waals surface area contributed by atoms with E-state index in [2.05, 4.69) is 15.6 Å². The number of benzene rings is 1. The molecule has 21 heavy (non-hydrogen) atoms. The molecule has 1 aromatic carbocycles. The van der Waals surface area contributed by atoms with Gasteiger partial charge in [0.25, 0.3) is 0 Å². The van der Waals surface area contributed by atoms with E-state index in [-0.39, 0.29) is 5.91 Å². The lowest BCUT2D eigenvalue weighted by Gasteiger charge is -2.07. The van der Waals surface area contributed by atoms with Crippen LogP contribution in [0.3, 0.4) is 0 Å². The maximum absolute atomic E-state index is 11.3. The van der Waals surface area contributed by atoms with E-state index in [9.17, 15) is 4.79 Å². The SMILES string of the molecule is CCC(=O)Nc1ccc(NCCc2ccc(Cl)cc2)nc1. The Labute approximate surface area is 129 Å². The van der Waals surface area contributed by atoms with E-state index in [0.29, 0.717) is 12.1 Å². The molecule has 1 heterocycles. The lowest BCUT2D eigenvalue weighted by Crippen LogP contribution is -2.10. The second-order valence-corrected chi connectivity index (χ2v) is 5.07. The van der Waals surface area contributed by atoms with Crippen molar-refractivity contribution in [3.63, 3.8) is 0 Å². The molecule has 0 aliphatic rings. The Bertz CT molecular complexity index is 581. The third kappa shape index (κ3) is 5.08. The van der Waals surface area contributed by atoms with Crippen LogP contribution in [0.5, 0.6) is 0 Å². The highest BCUT2D eigenvalue weighted by atomic mass is 35.5. The molecule has 2 N–H and O–H groups in total.